The van der Waals surface area contributed by atoms with E-state index < -0.39 is 11.8 Å². The van der Waals surface area contributed by atoms with Crippen LogP contribution in [0.4, 0.5) is 4.39 Å². The van der Waals surface area contributed by atoms with E-state index >= 15 is 0 Å². The Morgan fingerprint density at radius 3 is 2.31 bits per heavy atom. The quantitative estimate of drug-likeness (QED) is 0.821. The summed E-state index contributed by atoms with van der Waals surface area (Å²) in [5, 5.41) is 2.59. The van der Waals surface area contributed by atoms with Crippen LogP contribution in [0.1, 0.15) is 31.7 Å². The van der Waals surface area contributed by atoms with Crippen LogP contribution in [-0.2, 0) is 14.4 Å². The van der Waals surface area contributed by atoms with E-state index in [1.54, 1.807) is 36.9 Å². The number of carbonyl (C=O) groups excluding carboxylic acids is 3. The van der Waals surface area contributed by atoms with Gasteiger partial charge in [0.05, 0.1) is 0 Å². The van der Waals surface area contributed by atoms with Crippen LogP contribution in [0, 0.1) is 11.7 Å². The predicted molar refractivity (Wildman–Crippen MR) is 93.7 cm³/mol. The van der Waals surface area contributed by atoms with Crippen LogP contribution in [0.5, 0.6) is 0 Å². The summed E-state index contributed by atoms with van der Waals surface area (Å²) in [6.45, 7) is 5.08. The van der Waals surface area contributed by atoms with Gasteiger partial charge in [0, 0.05) is 38.1 Å². The van der Waals surface area contributed by atoms with Crippen LogP contribution in [0.3, 0.4) is 0 Å². The third-order valence-corrected chi connectivity index (χ3v) is 4.90. The molecule has 2 fully saturated rings. The van der Waals surface area contributed by atoms with Crippen molar-refractivity contribution in [1.29, 1.82) is 0 Å². The molecule has 1 aliphatic carbocycles. The van der Waals surface area contributed by atoms with Gasteiger partial charge in [-0.15, -0.1) is 0 Å². The number of rotatable bonds is 3. The van der Waals surface area contributed by atoms with E-state index in [0.717, 1.165) is 0 Å². The first kappa shape index (κ1) is 18.4. The maximum atomic E-state index is 13.9. The largest absolute Gasteiger partial charge is 0.346 e. The lowest BCUT2D eigenvalue weighted by Crippen LogP contribution is -2.54. The van der Waals surface area contributed by atoms with Crippen LogP contribution < -0.4 is 5.32 Å². The summed E-state index contributed by atoms with van der Waals surface area (Å²) in [6.07, 6.45) is 0.662. The van der Waals surface area contributed by atoms with Crippen molar-refractivity contribution in [3.8, 4) is 0 Å². The van der Waals surface area contributed by atoms with Crippen LogP contribution >= 0.6 is 0 Å². The van der Waals surface area contributed by atoms with Gasteiger partial charge in [0.25, 0.3) is 0 Å². The molecule has 3 rings (SSSR count). The van der Waals surface area contributed by atoms with E-state index in [1.165, 1.54) is 11.0 Å². The molecule has 2 atom stereocenters. The van der Waals surface area contributed by atoms with Gasteiger partial charge in [0.1, 0.15) is 5.82 Å². The standard InChI is InChI=1S/C19H24FN3O3/c1-12(2)21-17(24)19(26)23-9-7-22(8-10-23)18(25)15-11-14(15)13-5-3-4-6-16(13)20/h3-6,12,14-15H,7-11H2,1-2H3,(H,21,24). The second kappa shape index (κ2) is 7.43. The van der Waals surface area contributed by atoms with Crippen molar-refractivity contribution in [3.63, 3.8) is 0 Å². The minimum atomic E-state index is -0.610. The highest BCUT2D eigenvalue weighted by atomic mass is 19.1. The Hall–Kier alpha value is -2.44. The zero-order valence-corrected chi connectivity index (χ0v) is 15.1. The highest BCUT2D eigenvalue weighted by Gasteiger charge is 2.47. The molecule has 1 aromatic rings. The molecule has 1 aliphatic heterocycles. The van der Waals surface area contributed by atoms with Crippen molar-refractivity contribution in [1.82, 2.24) is 15.1 Å². The lowest BCUT2D eigenvalue weighted by atomic mass is 10.1. The molecule has 1 saturated heterocycles. The lowest BCUT2D eigenvalue weighted by Gasteiger charge is -2.34. The summed E-state index contributed by atoms with van der Waals surface area (Å²) in [5.41, 5.74) is 0.602. The van der Waals surface area contributed by atoms with Gasteiger partial charge in [0.15, 0.2) is 0 Å². The monoisotopic (exact) mass is 361 g/mol. The zero-order valence-electron chi connectivity index (χ0n) is 15.1. The molecule has 1 heterocycles. The average molecular weight is 361 g/mol. The Kier molecular flexibility index (Phi) is 5.25. The minimum absolute atomic E-state index is 0.0111. The molecule has 3 amide bonds. The van der Waals surface area contributed by atoms with Crippen molar-refractivity contribution < 1.29 is 18.8 Å². The lowest BCUT2D eigenvalue weighted by molar-refractivity contribution is -0.148. The Balaban J connectivity index is 1.51. The van der Waals surface area contributed by atoms with Gasteiger partial charge in [-0.3, -0.25) is 14.4 Å². The van der Waals surface area contributed by atoms with Gasteiger partial charge in [-0.25, -0.2) is 4.39 Å². The molecule has 1 N–H and O–H groups in total. The van der Waals surface area contributed by atoms with Gasteiger partial charge in [-0.1, -0.05) is 18.2 Å². The van der Waals surface area contributed by atoms with Gasteiger partial charge in [-0.05, 0) is 37.8 Å². The van der Waals surface area contributed by atoms with E-state index in [-0.39, 0.29) is 29.6 Å². The van der Waals surface area contributed by atoms with Crippen LogP contribution in [0.2, 0.25) is 0 Å². The summed E-state index contributed by atoms with van der Waals surface area (Å²) < 4.78 is 13.9. The molecule has 0 radical (unpaired) electrons. The predicted octanol–water partition coefficient (Wildman–Crippen LogP) is 1.12. The number of hydrogen-bond acceptors (Lipinski definition) is 3. The van der Waals surface area contributed by atoms with E-state index in [2.05, 4.69) is 5.32 Å². The molecule has 2 unspecified atom stereocenters. The molecule has 140 valence electrons. The zero-order chi connectivity index (χ0) is 18.8. The second-order valence-electron chi connectivity index (χ2n) is 7.22. The number of hydrogen-bond donors (Lipinski definition) is 1. The van der Waals surface area contributed by atoms with Gasteiger partial charge < -0.3 is 15.1 Å². The van der Waals surface area contributed by atoms with Gasteiger partial charge >= 0.3 is 11.8 Å². The molecular weight excluding hydrogens is 337 g/mol. The summed E-state index contributed by atoms with van der Waals surface area (Å²) in [6, 6.07) is 6.48. The molecule has 7 heteroatoms. The molecule has 0 spiro atoms. The first-order chi connectivity index (χ1) is 12.4. The molecule has 2 aliphatic rings. The van der Waals surface area contributed by atoms with E-state index in [1.807, 2.05) is 0 Å². The third-order valence-electron chi connectivity index (χ3n) is 4.90. The molecule has 0 aromatic heterocycles. The van der Waals surface area contributed by atoms with Crippen LogP contribution in [0.15, 0.2) is 24.3 Å². The van der Waals surface area contributed by atoms with Crippen molar-refractivity contribution in [2.24, 2.45) is 5.92 Å². The number of nitrogens with one attached hydrogen (secondary N) is 1. The van der Waals surface area contributed by atoms with E-state index in [9.17, 15) is 18.8 Å². The highest BCUT2D eigenvalue weighted by molar-refractivity contribution is 6.35. The summed E-state index contributed by atoms with van der Waals surface area (Å²) in [7, 11) is 0. The highest BCUT2D eigenvalue weighted by Crippen LogP contribution is 2.49. The van der Waals surface area contributed by atoms with Gasteiger partial charge in [0.2, 0.25) is 5.91 Å². The summed E-state index contributed by atoms with van der Waals surface area (Å²) in [4.78, 5) is 39.7. The fourth-order valence-electron chi connectivity index (χ4n) is 3.42. The number of amides is 3. The fraction of sp³-hybridized carbons (Fsp3) is 0.526. The van der Waals surface area contributed by atoms with Crippen LogP contribution in [0.25, 0.3) is 0 Å². The normalized spacial score (nSPS) is 22.3. The topological polar surface area (TPSA) is 69.7 Å². The summed E-state index contributed by atoms with van der Waals surface area (Å²) in [5.74, 6) is -1.65. The fourth-order valence-corrected chi connectivity index (χ4v) is 3.42. The number of carbonyl (C=O) groups is 3. The maximum absolute atomic E-state index is 13.9. The van der Waals surface area contributed by atoms with Gasteiger partial charge in [-0.2, -0.15) is 0 Å². The number of benzene rings is 1. The number of nitrogens with zero attached hydrogens (tertiary/aromatic N) is 2. The molecule has 6 nitrogen and oxygen atoms in total. The second-order valence-corrected chi connectivity index (χ2v) is 7.22. The summed E-state index contributed by atoms with van der Waals surface area (Å²) >= 11 is 0. The SMILES string of the molecule is CC(C)NC(=O)C(=O)N1CCN(C(=O)C2CC2c2ccccc2F)CC1. The first-order valence-corrected chi connectivity index (χ1v) is 9.01. The van der Waals surface area contributed by atoms with Crippen molar-refractivity contribution in [2.45, 2.75) is 32.2 Å². The molecule has 1 saturated carbocycles. The minimum Gasteiger partial charge on any atom is -0.346 e. The van der Waals surface area contributed by atoms with Crippen molar-refractivity contribution in [3.05, 3.63) is 35.6 Å². The van der Waals surface area contributed by atoms with Crippen LogP contribution in [-0.4, -0.2) is 59.7 Å². The van der Waals surface area contributed by atoms with E-state index in [4.69, 9.17) is 0 Å². The van der Waals surface area contributed by atoms with E-state index in [0.29, 0.717) is 38.2 Å². The maximum Gasteiger partial charge on any atom is 0.312 e. The Labute approximate surface area is 152 Å². The molecular formula is C19H24FN3O3. The number of halogens is 1. The van der Waals surface area contributed by atoms with Crippen molar-refractivity contribution >= 4 is 17.7 Å². The first-order valence-electron chi connectivity index (χ1n) is 9.01. The van der Waals surface area contributed by atoms with Crippen molar-refractivity contribution in [2.75, 3.05) is 26.2 Å². The Morgan fingerprint density at radius 1 is 1.08 bits per heavy atom. The number of piperazine rings is 1. The Bertz CT molecular complexity index is 714. The molecule has 0 bridgehead atoms. The Morgan fingerprint density at radius 2 is 1.69 bits per heavy atom. The molecule has 26 heavy (non-hydrogen) atoms. The smallest absolute Gasteiger partial charge is 0.312 e. The third kappa shape index (κ3) is 3.86. The molecule has 1 aromatic carbocycles. The average Bonchev–Trinajstić information content (AvgIpc) is 3.41.